The Hall–Kier alpha value is -2.20. The molecule has 1 aromatic heterocycles. The van der Waals surface area contributed by atoms with Crippen molar-refractivity contribution in [1.82, 2.24) is 14.8 Å². The molecule has 2 aromatic carbocycles. The Morgan fingerprint density at radius 3 is 2.57 bits per heavy atom. The van der Waals surface area contributed by atoms with Crippen LogP contribution in [0.4, 0.5) is 0 Å². The fourth-order valence-corrected chi connectivity index (χ4v) is 2.78. The van der Waals surface area contributed by atoms with Gasteiger partial charge < -0.3 is 0 Å². The van der Waals surface area contributed by atoms with Crippen LogP contribution in [0.15, 0.2) is 48.5 Å². The van der Waals surface area contributed by atoms with Crippen molar-refractivity contribution in [2.24, 2.45) is 0 Å². The molecule has 3 aromatic rings. The zero-order chi connectivity index (χ0) is 14.8. The number of H-pyrrole nitrogens is 1. The number of hydrogen-bond acceptors (Lipinski definition) is 2. The molecule has 106 valence electrons. The lowest BCUT2D eigenvalue weighted by atomic mass is 10.1. The number of nitrogens with one attached hydrogen (secondary N) is 1. The second-order valence-corrected chi connectivity index (χ2v) is 5.62. The first kappa shape index (κ1) is 13.8. The molecule has 0 aliphatic carbocycles. The Morgan fingerprint density at radius 2 is 1.86 bits per heavy atom. The van der Waals surface area contributed by atoms with Gasteiger partial charge in [0, 0.05) is 6.42 Å². The zero-order valence-corrected chi connectivity index (χ0v) is 12.9. The van der Waals surface area contributed by atoms with Gasteiger partial charge in [0.05, 0.1) is 5.69 Å². The van der Waals surface area contributed by atoms with Crippen LogP contribution in [-0.2, 0) is 6.42 Å². The zero-order valence-electron chi connectivity index (χ0n) is 12.1. The molecule has 0 bridgehead atoms. The van der Waals surface area contributed by atoms with Crippen LogP contribution in [0.5, 0.6) is 0 Å². The summed E-state index contributed by atoms with van der Waals surface area (Å²) in [5.41, 5.74) is 4.75. The van der Waals surface area contributed by atoms with E-state index in [9.17, 15) is 0 Å². The number of hydrogen-bond donors (Lipinski definition) is 1. The summed E-state index contributed by atoms with van der Waals surface area (Å²) in [4.78, 5) is 0. The maximum Gasteiger partial charge on any atom is 0.199 e. The number of aromatic nitrogens is 3. The molecule has 0 unspecified atom stereocenters. The second-order valence-electron chi connectivity index (χ2n) is 5.23. The Morgan fingerprint density at radius 1 is 1.10 bits per heavy atom. The van der Waals surface area contributed by atoms with Gasteiger partial charge in [-0.05, 0) is 43.3 Å². The lowest BCUT2D eigenvalue weighted by molar-refractivity contribution is 0.896. The topological polar surface area (TPSA) is 33.6 Å². The summed E-state index contributed by atoms with van der Waals surface area (Å²) in [6.07, 6.45) is 0.751. The average molecular weight is 295 g/mol. The highest BCUT2D eigenvalue weighted by Gasteiger charge is 2.11. The average Bonchev–Trinajstić information content (AvgIpc) is 2.81. The van der Waals surface area contributed by atoms with Crippen molar-refractivity contribution in [3.05, 3.63) is 75.8 Å². The summed E-state index contributed by atoms with van der Waals surface area (Å²) >= 11 is 5.41. The predicted octanol–water partition coefficient (Wildman–Crippen LogP) is 4.14. The number of nitrogens with zero attached hydrogens (tertiary/aromatic N) is 2. The van der Waals surface area contributed by atoms with Gasteiger partial charge in [-0.1, -0.05) is 48.0 Å². The SMILES string of the molecule is Cc1ccc(-n2c(Cc3ccccc3)n[nH]c2=S)c(C)c1. The third kappa shape index (κ3) is 2.81. The van der Waals surface area contributed by atoms with Crippen LogP contribution >= 0.6 is 12.2 Å². The van der Waals surface area contributed by atoms with Crippen molar-refractivity contribution in [3.63, 3.8) is 0 Å². The standard InChI is InChI=1S/C17H17N3S/c1-12-8-9-15(13(2)10-12)20-16(18-19-17(20)21)11-14-6-4-3-5-7-14/h3-10H,11H2,1-2H3,(H,19,21). The number of rotatable bonds is 3. The van der Waals surface area contributed by atoms with E-state index in [1.54, 1.807) is 0 Å². The quantitative estimate of drug-likeness (QED) is 0.737. The maximum atomic E-state index is 5.41. The smallest absolute Gasteiger partial charge is 0.199 e. The monoisotopic (exact) mass is 295 g/mol. The van der Waals surface area contributed by atoms with Gasteiger partial charge in [-0.2, -0.15) is 5.10 Å². The summed E-state index contributed by atoms with van der Waals surface area (Å²) in [6.45, 7) is 4.19. The molecule has 4 heteroatoms. The molecular formula is C17H17N3S. The van der Waals surface area contributed by atoms with E-state index in [0.29, 0.717) is 4.77 Å². The molecule has 0 amide bonds. The van der Waals surface area contributed by atoms with E-state index in [0.717, 1.165) is 17.9 Å². The molecule has 0 spiro atoms. The minimum Gasteiger partial charge on any atom is -0.272 e. The van der Waals surface area contributed by atoms with Crippen molar-refractivity contribution in [3.8, 4) is 5.69 Å². The van der Waals surface area contributed by atoms with E-state index in [4.69, 9.17) is 12.2 Å². The molecular weight excluding hydrogens is 278 g/mol. The molecule has 0 aliphatic rings. The summed E-state index contributed by atoms with van der Waals surface area (Å²) in [5, 5.41) is 7.31. The molecule has 0 radical (unpaired) electrons. The normalized spacial score (nSPS) is 10.8. The molecule has 0 saturated heterocycles. The fraction of sp³-hybridized carbons (Fsp3) is 0.176. The highest BCUT2D eigenvalue weighted by atomic mass is 32.1. The largest absolute Gasteiger partial charge is 0.272 e. The minimum atomic E-state index is 0.632. The van der Waals surface area contributed by atoms with E-state index in [-0.39, 0.29) is 0 Å². The highest BCUT2D eigenvalue weighted by molar-refractivity contribution is 7.71. The highest BCUT2D eigenvalue weighted by Crippen LogP contribution is 2.19. The van der Waals surface area contributed by atoms with Crippen LogP contribution in [0, 0.1) is 18.6 Å². The Labute approximate surface area is 129 Å². The third-order valence-corrected chi connectivity index (χ3v) is 3.81. The Bertz CT molecular complexity index is 816. The molecule has 1 N–H and O–H groups in total. The predicted molar refractivity (Wildman–Crippen MR) is 87.5 cm³/mol. The number of aromatic amines is 1. The van der Waals surface area contributed by atoms with Gasteiger partial charge in [0.2, 0.25) is 0 Å². The van der Waals surface area contributed by atoms with Crippen molar-refractivity contribution < 1.29 is 0 Å². The first-order valence-electron chi connectivity index (χ1n) is 6.93. The third-order valence-electron chi connectivity index (χ3n) is 3.54. The lowest BCUT2D eigenvalue weighted by Gasteiger charge is -2.10. The van der Waals surface area contributed by atoms with Crippen LogP contribution in [-0.4, -0.2) is 14.8 Å². The van der Waals surface area contributed by atoms with Crippen LogP contribution < -0.4 is 0 Å². The van der Waals surface area contributed by atoms with Crippen LogP contribution in [0.2, 0.25) is 0 Å². The van der Waals surface area contributed by atoms with Crippen LogP contribution in [0.25, 0.3) is 5.69 Å². The maximum absolute atomic E-state index is 5.41. The van der Waals surface area contributed by atoms with Crippen molar-refractivity contribution >= 4 is 12.2 Å². The van der Waals surface area contributed by atoms with E-state index in [1.165, 1.54) is 16.7 Å². The van der Waals surface area contributed by atoms with E-state index in [1.807, 2.05) is 22.8 Å². The van der Waals surface area contributed by atoms with Gasteiger partial charge in [0.25, 0.3) is 0 Å². The van der Waals surface area contributed by atoms with Crippen molar-refractivity contribution in [2.45, 2.75) is 20.3 Å². The van der Waals surface area contributed by atoms with E-state index >= 15 is 0 Å². The molecule has 0 atom stereocenters. The Balaban J connectivity index is 2.07. The van der Waals surface area contributed by atoms with Crippen molar-refractivity contribution in [2.75, 3.05) is 0 Å². The first-order valence-corrected chi connectivity index (χ1v) is 7.34. The number of benzene rings is 2. The summed E-state index contributed by atoms with van der Waals surface area (Å²) < 4.78 is 2.66. The fourth-order valence-electron chi connectivity index (χ4n) is 2.53. The molecule has 0 fully saturated rings. The molecule has 0 aliphatic heterocycles. The van der Waals surface area contributed by atoms with Gasteiger partial charge in [-0.25, -0.2) is 0 Å². The molecule has 3 nitrogen and oxygen atoms in total. The summed E-state index contributed by atoms with van der Waals surface area (Å²) in [7, 11) is 0. The van der Waals surface area contributed by atoms with Crippen LogP contribution in [0.3, 0.4) is 0 Å². The molecule has 3 rings (SSSR count). The van der Waals surface area contributed by atoms with Crippen molar-refractivity contribution in [1.29, 1.82) is 0 Å². The van der Waals surface area contributed by atoms with Gasteiger partial charge in [-0.15, -0.1) is 0 Å². The van der Waals surface area contributed by atoms with Gasteiger partial charge >= 0.3 is 0 Å². The number of aryl methyl sites for hydroxylation is 2. The summed E-state index contributed by atoms with van der Waals surface area (Å²) in [6, 6.07) is 16.7. The first-order chi connectivity index (χ1) is 10.1. The van der Waals surface area contributed by atoms with E-state index in [2.05, 4.69) is 54.4 Å². The lowest BCUT2D eigenvalue weighted by Crippen LogP contribution is -2.04. The Kier molecular flexibility index (Phi) is 3.71. The summed E-state index contributed by atoms with van der Waals surface area (Å²) in [5.74, 6) is 0.929. The van der Waals surface area contributed by atoms with Crippen LogP contribution in [0.1, 0.15) is 22.5 Å². The molecule has 1 heterocycles. The van der Waals surface area contributed by atoms with E-state index < -0.39 is 0 Å². The minimum absolute atomic E-state index is 0.632. The van der Waals surface area contributed by atoms with Gasteiger partial charge in [-0.3, -0.25) is 9.67 Å². The molecule has 0 saturated carbocycles. The molecule has 21 heavy (non-hydrogen) atoms. The van der Waals surface area contributed by atoms with Gasteiger partial charge in [0.1, 0.15) is 5.82 Å². The second kappa shape index (κ2) is 5.66. The van der Waals surface area contributed by atoms with Gasteiger partial charge in [0.15, 0.2) is 4.77 Å².